The van der Waals surface area contributed by atoms with E-state index in [1.54, 1.807) is 13.0 Å². The number of methoxy groups -OCH3 is 1. The molecule has 1 aromatic rings. The first-order chi connectivity index (χ1) is 10.0. The molecule has 1 aromatic carbocycles. The van der Waals surface area contributed by atoms with Gasteiger partial charge >= 0.3 is 5.97 Å². The Hall–Kier alpha value is -1.91. The smallest absolute Gasteiger partial charge is 0.308 e. The number of carbonyl (C=O) groups excluding carboxylic acids is 2. The van der Waals surface area contributed by atoms with E-state index in [1.165, 1.54) is 19.2 Å². The van der Waals surface area contributed by atoms with E-state index < -0.39 is 0 Å². The number of hydrogen-bond donors (Lipinski definition) is 1. The van der Waals surface area contributed by atoms with Crippen LogP contribution in [0, 0.1) is 18.7 Å². The Morgan fingerprint density at radius 2 is 1.90 bits per heavy atom. The van der Waals surface area contributed by atoms with Gasteiger partial charge in [0.05, 0.1) is 13.0 Å². The summed E-state index contributed by atoms with van der Waals surface area (Å²) in [5, 5.41) is 2.95. The zero-order chi connectivity index (χ0) is 15.4. The van der Waals surface area contributed by atoms with Crippen molar-refractivity contribution in [2.24, 2.45) is 5.92 Å². The summed E-state index contributed by atoms with van der Waals surface area (Å²) in [6.45, 7) is 1.63. The molecule has 1 saturated carbocycles. The Morgan fingerprint density at radius 3 is 2.48 bits per heavy atom. The number of rotatable bonds is 3. The molecule has 0 aromatic heterocycles. The lowest BCUT2D eigenvalue weighted by atomic mass is 9.86. The summed E-state index contributed by atoms with van der Waals surface area (Å²) >= 11 is 0. The summed E-state index contributed by atoms with van der Waals surface area (Å²) in [5.41, 5.74) is 0.918. The van der Waals surface area contributed by atoms with Crippen LogP contribution in [-0.4, -0.2) is 25.0 Å². The molecule has 0 atom stereocenters. The zero-order valence-electron chi connectivity index (χ0n) is 12.3. The second-order valence-corrected chi connectivity index (χ2v) is 5.51. The molecule has 0 bridgehead atoms. The van der Waals surface area contributed by atoms with Crippen molar-refractivity contribution >= 4 is 11.9 Å². The van der Waals surface area contributed by atoms with Crippen LogP contribution in [-0.2, 0) is 9.53 Å². The van der Waals surface area contributed by atoms with Gasteiger partial charge in [0, 0.05) is 11.6 Å². The first-order valence-electron chi connectivity index (χ1n) is 7.16. The fraction of sp³-hybridized carbons (Fsp3) is 0.500. The Balaban J connectivity index is 1.89. The van der Waals surface area contributed by atoms with Crippen molar-refractivity contribution in [2.45, 2.75) is 38.6 Å². The highest BCUT2D eigenvalue weighted by Crippen LogP contribution is 2.25. The minimum Gasteiger partial charge on any atom is -0.469 e. The Labute approximate surface area is 123 Å². The number of ether oxygens (including phenoxy) is 1. The molecule has 2 rings (SSSR count). The van der Waals surface area contributed by atoms with Crippen LogP contribution < -0.4 is 5.32 Å². The number of esters is 1. The lowest BCUT2D eigenvalue weighted by Gasteiger charge is -2.27. The second-order valence-electron chi connectivity index (χ2n) is 5.51. The zero-order valence-corrected chi connectivity index (χ0v) is 12.3. The fourth-order valence-electron chi connectivity index (χ4n) is 2.69. The summed E-state index contributed by atoms with van der Waals surface area (Å²) in [4.78, 5) is 23.6. The molecule has 1 aliphatic rings. The van der Waals surface area contributed by atoms with Gasteiger partial charge in [0.15, 0.2) is 0 Å². The quantitative estimate of drug-likeness (QED) is 0.872. The van der Waals surface area contributed by atoms with Crippen LogP contribution >= 0.6 is 0 Å². The average molecular weight is 293 g/mol. The second kappa shape index (κ2) is 6.70. The van der Waals surface area contributed by atoms with Gasteiger partial charge in [0.25, 0.3) is 5.91 Å². The maximum atomic E-state index is 13.2. The first kappa shape index (κ1) is 15.5. The Bertz CT molecular complexity index is 536. The standard InChI is InChI=1S/C16H20FNO3/c1-10-9-12(5-8-14(10)17)15(19)18-13-6-3-11(4-7-13)16(20)21-2/h5,8-9,11,13H,3-4,6-7H2,1-2H3,(H,18,19). The highest BCUT2D eigenvalue weighted by molar-refractivity contribution is 5.94. The van der Waals surface area contributed by atoms with Crippen LogP contribution in [0.15, 0.2) is 18.2 Å². The number of hydrogen-bond acceptors (Lipinski definition) is 3. The molecule has 1 amide bonds. The van der Waals surface area contributed by atoms with E-state index in [4.69, 9.17) is 4.74 Å². The van der Waals surface area contributed by atoms with Crippen LogP contribution in [0.25, 0.3) is 0 Å². The molecular weight excluding hydrogens is 273 g/mol. The van der Waals surface area contributed by atoms with Gasteiger partial charge in [-0.2, -0.15) is 0 Å². The summed E-state index contributed by atoms with van der Waals surface area (Å²) < 4.78 is 17.9. The molecule has 0 unspecified atom stereocenters. The van der Waals surface area contributed by atoms with Crippen molar-refractivity contribution in [1.29, 1.82) is 0 Å². The molecule has 21 heavy (non-hydrogen) atoms. The maximum Gasteiger partial charge on any atom is 0.308 e. The summed E-state index contributed by atoms with van der Waals surface area (Å²) in [5.74, 6) is -0.741. The molecular formula is C16H20FNO3. The molecule has 1 N–H and O–H groups in total. The van der Waals surface area contributed by atoms with Crippen LogP contribution in [0.2, 0.25) is 0 Å². The third kappa shape index (κ3) is 3.80. The van der Waals surface area contributed by atoms with Gasteiger partial charge in [0.2, 0.25) is 0 Å². The summed E-state index contributed by atoms with van der Waals surface area (Å²) in [6, 6.07) is 4.39. The molecule has 1 fully saturated rings. The molecule has 0 heterocycles. The van der Waals surface area contributed by atoms with Crippen molar-refractivity contribution in [2.75, 3.05) is 7.11 Å². The molecule has 4 nitrogen and oxygen atoms in total. The topological polar surface area (TPSA) is 55.4 Å². The number of carbonyl (C=O) groups is 2. The van der Waals surface area contributed by atoms with E-state index in [2.05, 4.69) is 5.32 Å². The lowest BCUT2D eigenvalue weighted by Crippen LogP contribution is -2.38. The van der Waals surface area contributed by atoms with E-state index in [9.17, 15) is 14.0 Å². The van der Waals surface area contributed by atoms with Gasteiger partial charge in [-0.15, -0.1) is 0 Å². The molecule has 0 radical (unpaired) electrons. The maximum absolute atomic E-state index is 13.2. The Morgan fingerprint density at radius 1 is 1.24 bits per heavy atom. The summed E-state index contributed by atoms with van der Waals surface area (Å²) in [7, 11) is 1.40. The predicted molar refractivity (Wildman–Crippen MR) is 76.4 cm³/mol. The van der Waals surface area contributed by atoms with Crippen molar-refractivity contribution in [3.05, 3.63) is 35.1 Å². The number of benzene rings is 1. The molecule has 0 saturated heterocycles. The highest BCUT2D eigenvalue weighted by Gasteiger charge is 2.27. The van der Waals surface area contributed by atoms with Crippen LogP contribution in [0.5, 0.6) is 0 Å². The molecule has 114 valence electrons. The van der Waals surface area contributed by atoms with Crippen LogP contribution in [0.1, 0.15) is 41.6 Å². The van der Waals surface area contributed by atoms with Gasteiger partial charge < -0.3 is 10.1 Å². The number of halogens is 1. The number of nitrogens with one attached hydrogen (secondary N) is 1. The number of amides is 1. The lowest BCUT2D eigenvalue weighted by molar-refractivity contribution is -0.146. The van der Waals surface area contributed by atoms with E-state index in [0.29, 0.717) is 11.1 Å². The molecule has 1 aliphatic carbocycles. The van der Waals surface area contributed by atoms with Crippen molar-refractivity contribution < 1.29 is 18.7 Å². The van der Waals surface area contributed by atoms with Gasteiger partial charge in [0.1, 0.15) is 5.82 Å². The van der Waals surface area contributed by atoms with E-state index in [0.717, 1.165) is 25.7 Å². The molecule has 0 spiro atoms. The minimum atomic E-state index is -0.315. The third-order valence-electron chi connectivity index (χ3n) is 4.02. The van der Waals surface area contributed by atoms with Gasteiger partial charge in [-0.25, -0.2) is 4.39 Å². The SMILES string of the molecule is COC(=O)C1CCC(NC(=O)c2ccc(F)c(C)c2)CC1. The van der Waals surface area contributed by atoms with E-state index >= 15 is 0 Å². The van der Waals surface area contributed by atoms with E-state index in [1.807, 2.05) is 0 Å². The Kier molecular flexibility index (Phi) is 4.94. The largest absolute Gasteiger partial charge is 0.469 e. The first-order valence-corrected chi connectivity index (χ1v) is 7.16. The van der Waals surface area contributed by atoms with Crippen molar-refractivity contribution in [1.82, 2.24) is 5.32 Å². The van der Waals surface area contributed by atoms with Gasteiger partial charge in [-0.1, -0.05) is 0 Å². The van der Waals surface area contributed by atoms with Crippen LogP contribution in [0.4, 0.5) is 4.39 Å². The van der Waals surface area contributed by atoms with Crippen molar-refractivity contribution in [3.63, 3.8) is 0 Å². The fourth-order valence-corrected chi connectivity index (χ4v) is 2.69. The molecule has 5 heteroatoms. The third-order valence-corrected chi connectivity index (χ3v) is 4.02. The normalized spacial score (nSPS) is 21.7. The molecule has 0 aliphatic heterocycles. The predicted octanol–water partition coefficient (Wildman–Crippen LogP) is 2.60. The number of aryl methyl sites for hydroxylation is 1. The monoisotopic (exact) mass is 293 g/mol. The van der Waals surface area contributed by atoms with E-state index in [-0.39, 0.29) is 29.7 Å². The van der Waals surface area contributed by atoms with Gasteiger partial charge in [-0.05, 0) is 56.4 Å². The van der Waals surface area contributed by atoms with Gasteiger partial charge in [-0.3, -0.25) is 9.59 Å². The summed E-state index contributed by atoms with van der Waals surface area (Å²) in [6.07, 6.45) is 2.96. The minimum absolute atomic E-state index is 0.0590. The van der Waals surface area contributed by atoms with Crippen LogP contribution in [0.3, 0.4) is 0 Å². The average Bonchev–Trinajstić information content (AvgIpc) is 2.50. The van der Waals surface area contributed by atoms with Crippen molar-refractivity contribution in [3.8, 4) is 0 Å². The highest BCUT2D eigenvalue weighted by atomic mass is 19.1.